The molecule has 0 unspecified atom stereocenters. The number of nitrogens with one attached hydrogen (secondary N) is 2. The minimum Gasteiger partial charge on any atom is -0.467 e. The second kappa shape index (κ2) is 8.25. The van der Waals surface area contributed by atoms with Gasteiger partial charge in [0.25, 0.3) is 0 Å². The maximum atomic E-state index is 13.3. The maximum absolute atomic E-state index is 13.3. The Morgan fingerprint density at radius 3 is 2.90 bits per heavy atom. The zero-order chi connectivity index (χ0) is 21.3. The van der Waals surface area contributed by atoms with Crippen molar-refractivity contribution in [1.82, 2.24) is 20.2 Å². The fourth-order valence-corrected chi connectivity index (χ4v) is 3.98. The zero-order valence-electron chi connectivity index (χ0n) is 17.3. The molecule has 0 spiro atoms. The number of carbonyl (C=O) groups is 2. The van der Waals surface area contributed by atoms with Crippen LogP contribution in [0.4, 0.5) is 4.79 Å². The molecular weight excluding hydrogens is 388 g/mol. The van der Waals surface area contributed by atoms with Crippen molar-refractivity contribution in [3.05, 3.63) is 41.5 Å². The lowest BCUT2D eigenvalue weighted by molar-refractivity contribution is -0.143. The molecule has 2 aromatic rings. The number of ether oxygens (including phenoxy) is 3. The smallest absolute Gasteiger partial charge is 0.328 e. The van der Waals surface area contributed by atoms with Crippen LogP contribution in [0.25, 0.3) is 0 Å². The molecule has 0 bridgehead atoms. The van der Waals surface area contributed by atoms with Gasteiger partial charge in [-0.3, -0.25) is 0 Å². The van der Waals surface area contributed by atoms with Crippen molar-refractivity contribution >= 4 is 12.0 Å². The van der Waals surface area contributed by atoms with E-state index in [0.29, 0.717) is 30.9 Å². The van der Waals surface area contributed by atoms with Gasteiger partial charge in [0.1, 0.15) is 12.1 Å². The summed E-state index contributed by atoms with van der Waals surface area (Å²) in [6.07, 6.45) is 2.79. The number of hydrogen-bond donors (Lipinski definition) is 2. The lowest BCUT2D eigenvalue weighted by atomic mass is 9.95. The van der Waals surface area contributed by atoms with Crippen molar-refractivity contribution in [2.75, 3.05) is 20.4 Å². The van der Waals surface area contributed by atoms with Crippen LogP contribution in [-0.4, -0.2) is 53.4 Å². The first-order valence-electron chi connectivity index (χ1n) is 10.0. The average Bonchev–Trinajstić information content (AvgIpc) is 3.39. The molecular formula is C21H26N4O5. The molecule has 9 heteroatoms. The number of H-pyrrole nitrogens is 1. The van der Waals surface area contributed by atoms with Gasteiger partial charge in [-0.1, -0.05) is 19.9 Å². The number of esters is 1. The minimum atomic E-state index is -0.708. The van der Waals surface area contributed by atoms with Crippen molar-refractivity contribution in [2.45, 2.75) is 38.8 Å². The van der Waals surface area contributed by atoms with Crippen molar-refractivity contribution in [3.63, 3.8) is 0 Å². The maximum Gasteiger partial charge on any atom is 0.328 e. The largest absolute Gasteiger partial charge is 0.467 e. The molecule has 30 heavy (non-hydrogen) atoms. The average molecular weight is 414 g/mol. The summed E-state index contributed by atoms with van der Waals surface area (Å²) in [6.45, 7) is 4.65. The second-order valence-corrected chi connectivity index (χ2v) is 7.88. The van der Waals surface area contributed by atoms with Gasteiger partial charge >= 0.3 is 12.0 Å². The number of hydrogen-bond acceptors (Lipinski definition) is 6. The monoisotopic (exact) mass is 414 g/mol. The molecule has 3 heterocycles. The van der Waals surface area contributed by atoms with Crippen molar-refractivity contribution in [3.8, 4) is 11.5 Å². The molecule has 0 saturated carbocycles. The highest BCUT2D eigenvalue weighted by Gasteiger charge is 2.36. The summed E-state index contributed by atoms with van der Waals surface area (Å²) in [4.78, 5) is 34.8. The number of urea groups is 1. The summed E-state index contributed by atoms with van der Waals surface area (Å²) in [7, 11) is 1.33. The van der Waals surface area contributed by atoms with Gasteiger partial charge in [0.2, 0.25) is 6.79 Å². The van der Waals surface area contributed by atoms with Crippen LogP contribution in [0.5, 0.6) is 11.5 Å². The Labute approximate surface area is 174 Å². The van der Waals surface area contributed by atoms with Gasteiger partial charge in [-0.05, 0) is 30.0 Å². The number of carbonyl (C=O) groups excluding carboxylic acids is 2. The van der Waals surface area contributed by atoms with E-state index in [1.54, 1.807) is 11.2 Å². The first kappa shape index (κ1) is 20.1. The Hall–Kier alpha value is -3.23. The van der Waals surface area contributed by atoms with E-state index >= 15 is 0 Å². The standard InChI is InChI=1S/C21H26N4O5/c1-12(2)8-15(20(26)28-3)24-21(27)25-7-6-14-18(23-10-22-14)19(25)13-4-5-16-17(9-13)30-11-29-16/h4-5,9-10,12,15,19H,6-8,11H2,1-3H3,(H,22,23)(H,24,27)/t15-,19-/m0/s1. The van der Waals surface area contributed by atoms with E-state index in [1.165, 1.54) is 7.11 Å². The van der Waals surface area contributed by atoms with Gasteiger partial charge in [0, 0.05) is 18.7 Å². The summed E-state index contributed by atoms with van der Waals surface area (Å²) in [5, 5.41) is 2.86. The van der Waals surface area contributed by atoms with Crippen LogP contribution in [-0.2, 0) is 16.0 Å². The number of fused-ring (bicyclic) bond motifs is 2. The summed E-state index contributed by atoms with van der Waals surface area (Å²) in [5.41, 5.74) is 2.64. The first-order valence-corrected chi connectivity index (χ1v) is 10.0. The van der Waals surface area contributed by atoms with Crippen molar-refractivity contribution in [1.29, 1.82) is 0 Å². The topological polar surface area (TPSA) is 106 Å². The van der Waals surface area contributed by atoms with E-state index in [-0.39, 0.29) is 18.7 Å². The van der Waals surface area contributed by atoms with Gasteiger partial charge in [0.15, 0.2) is 11.5 Å². The van der Waals surface area contributed by atoms with E-state index in [2.05, 4.69) is 15.3 Å². The normalized spacial score (nSPS) is 18.1. The number of nitrogens with zero attached hydrogens (tertiary/aromatic N) is 2. The predicted molar refractivity (Wildman–Crippen MR) is 107 cm³/mol. The van der Waals surface area contributed by atoms with Crippen LogP contribution in [0, 0.1) is 5.92 Å². The number of benzene rings is 1. The fourth-order valence-electron chi connectivity index (χ4n) is 3.98. The highest BCUT2D eigenvalue weighted by atomic mass is 16.7. The van der Waals surface area contributed by atoms with Gasteiger partial charge in [-0.25, -0.2) is 14.6 Å². The highest BCUT2D eigenvalue weighted by Crippen LogP contribution is 2.39. The highest BCUT2D eigenvalue weighted by molar-refractivity contribution is 5.84. The molecule has 160 valence electrons. The molecule has 0 radical (unpaired) electrons. The summed E-state index contributed by atoms with van der Waals surface area (Å²) < 4.78 is 15.8. The lowest BCUT2D eigenvalue weighted by Gasteiger charge is -2.36. The third-order valence-corrected chi connectivity index (χ3v) is 5.39. The van der Waals surface area contributed by atoms with Crippen LogP contribution >= 0.6 is 0 Å². The molecule has 0 aliphatic carbocycles. The number of aromatic nitrogens is 2. The Morgan fingerprint density at radius 2 is 2.13 bits per heavy atom. The van der Waals surface area contributed by atoms with Gasteiger partial charge in [0.05, 0.1) is 19.1 Å². The van der Waals surface area contributed by atoms with E-state index < -0.39 is 18.1 Å². The Bertz CT molecular complexity index is 941. The zero-order valence-corrected chi connectivity index (χ0v) is 17.3. The molecule has 9 nitrogen and oxygen atoms in total. The second-order valence-electron chi connectivity index (χ2n) is 7.88. The van der Waals surface area contributed by atoms with E-state index in [9.17, 15) is 9.59 Å². The van der Waals surface area contributed by atoms with Gasteiger partial charge in [-0.15, -0.1) is 0 Å². The van der Waals surface area contributed by atoms with Gasteiger partial charge < -0.3 is 29.4 Å². The summed E-state index contributed by atoms with van der Waals surface area (Å²) in [5.74, 6) is 1.09. The number of methoxy groups -OCH3 is 1. The Morgan fingerprint density at radius 1 is 1.33 bits per heavy atom. The number of aromatic amines is 1. The van der Waals surface area contributed by atoms with Crippen LogP contribution < -0.4 is 14.8 Å². The predicted octanol–water partition coefficient (Wildman–Crippen LogP) is 2.38. The molecule has 0 saturated heterocycles. The SMILES string of the molecule is COC(=O)[C@H](CC(C)C)NC(=O)N1CCc2[nH]cnc2[C@@H]1c1ccc2c(c1)OCO2. The minimum absolute atomic E-state index is 0.178. The number of amides is 2. The molecule has 0 fully saturated rings. The van der Waals surface area contributed by atoms with E-state index in [4.69, 9.17) is 14.2 Å². The molecule has 2 N–H and O–H groups in total. The quantitative estimate of drug-likeness (QED) is 0.728. The third-order valence-electron chi connectivity index (χ3n) is 5.39. The molecule has 2 aliphatic heterocycles. The van der Waals surface area contributed by atoms with Crippen LogP contribution in [0.2, 0.25) is 0 Å². The summed E-state index contributed by atoms with van der Waals surface area (Å²) in [6, 6.07) is 4.18. The molecule has 2 aliphatic rings. The first-order chi connectivity index (χ1) is 14.5. The molecule has 1 aromatic heterocycles. The lowest BCUT2D eigenvalue weighted by Crippen LogP contribution is -2.51. The van der Waals surface area contributed by atoms with Crippen LogP contribution in [0.1, 0.15) is 43.3 Å². The Balaban J connectivity index is 1.64. The number of rotatable bonds is 5. The third kappa shape index (κ3) is 3.79. The molecule has 1 aromatic carbocycles. The summed E-state index contributed by atoms with van der Waals surface area (Å²) >= 11 is 0. The van der Waals surface area contributed by atoms with E-state index in [1.807, 2.05) is 32.0 Å². The van der Waals surface area contributed by atoms with E-state index in [0.717, 1.165) is 17.0 Å². The number of imidazole rings is 1. The van der Waals surface area contributed by atoms with Crippen molar-refractivity contribution < 1.29 is 23.8 Å². The molecule has 2 atom stereocenters. The fraction of sp³-hybridized carbons (Fsp3) is 0.476. The van der Waals surface area contributed by atoms with Crippen molar-refractivity contribution in [2.24, 2.45) is 5.92 Å². The van der Waals surface area contributed by atoms with Crippen LogP contribution in [0.15, 0.2) is 24.5 Å². The van der Waals surface area contributed by atoms with Crippen LogP contribution in [0.3, 0.4) is 0 Å². The van der Waals surface area contributed by atoms with Gasteiger partial charge in [-0.2, -0.15) is 0 Å². The molecule has 2 amide bonds. The Kier molecular flexibility index (Phi) is 5.52. The molecule has 4 rings (SSSR count).